The maximum atomic E-state index is 12.4. The minimum Gasteiger partial charge on any atom is -0.383 e. The summed E-state index contributed by atoms with van der Waals surface area (Å²) < 4.78 is 33.5. The maximum absolute atomic E-state index is 12.4. The van der Waals surface area contributed by atoms with Crippen LogP contribution in [0.4, 0.5) is 5.69 Å². The third-order valence-corrected chi connectivity index (χ3v) is 5.43. The molecule has 0 radical (unpaired) electrons. The van der Waals surface area contributed by atoms with E-state index < -0.39 is 15.9 Å². The summed E-state index contributed by atoms with van der Waals surface area (Å²) in [6.07, 6.45) is 1.59. The topological polar surface area (TPSA) is 128 Å². The summed E-state index contributed by atoms with van der Waals surface area (Å²) in [4.78, 5) is 20.6. The highest BCUT2D eigenvalue weighted by Gasteiger charge is 2.18. The van der Waals surface area contributed by atoms with Gasteiger partial charge in [0, 0.05) is 30.7 Å². The summed E-state index contributed by atoms with van der Waals surface area (Å²) in [6.45, 7) is 3.79. The fourth-order valence-electron chi connectivity index (χ4n) is 2.52. The van der Waals surface area contributed by atoms with E-state index in [0.717, 1.165) is 5.69 Å². The largest absolute Gasteiger partial charge is 0.383 e. The lowest BCUT2D eigenvalue weighted by molar-refractivity contribution is 0.101. The van der Waals surface area contributed by atoms with Gasteiger partial charge in [0.15, 0.2) is 0 Å². The lowest BCUT2D eigenvalue weighted by Gasteiger charge is -2.13. The fourth-order valence-corrected chi connectivity index (χ4v) is 3.75. The van der Waals surface area contributed by atoms with E-state index in [1.807, 2.05) is 6.92 Å². The van der Waals surface area contributed by atoms with Crippen molar-refractivity contribution in [2.45, 2.75) is 24.8 Å². The predicted octanol–water partition coefficient (Wildman–Crippen LogP) is 0.998. The second-order valence-corrected chi connectivity index (χ2v) is 7.90. The highest BCUT2D eigenvalue weighted by molar-refractivity contribution is 7.89. The first kappa shape index (κ1) is 19.9. The van der Waals surface area contributed by atoms with Crippen LogP contribution < -0.4 is 10.0 Å². The maximum Gasteiger partial charge on any atom is 0.295 e. The molecule has 0 aliphatic heterocycles. The molecule has 0 aliphatic carbocycles. The van der Waals surface area contributed by atoms with Gasteiger partial charge in [-0.3, -0.25) is 4.79 Å². The van der Waals surface area contributed by atoms with Gasteiger partial charge in [-0.25, -0.2) is 22.6 Å². The molecule has 1 atom stereocenters. The zero-order valence-electron chi connectivity index (χ0n) is 15.6. The molecule has 0 fully saturated rings. The molecule has 0 saturated heterocycles. The number of carbonyl (C=O) groups excluding carboxylic acids is 1. The minimum atomic E-state index is -3.68. The number of fused-ring (bicyclic) bond motifs is 1. The van der Waals surface area contributed by atoms with Crippen LogP contribution in [0.3, 0.4) is 0 Å². The van der Waals surface area contributed by atoms with Crippen molar-refractivity contribution in [2.24, 2.45) is 0 Å². The first-order chi connectivity index (χ1) is 13.3. The Labute approximate surface area is 162 Å². The average molecular weight is 404 g/mol. The van der Waals surface area contributed by atoms with Crippen molar-refractivity contribution in [2.75, 3.05) is 19.0 Å². The number of anilines is 1. The lowest BCUT2D eigenvalue weighted by Crippen LogP contribution is -2.35. The number of sulfonamides is 1. The van der Waals surface area contributed by atoms with Crippen molar-refractivity contribution in [3.8, 4) is 0 Å². The zero-order valence-corrected chi connectivity index (χ0v) is 16.4. The van der Waals surface area contributed by atoms with Crippen molar-refractivity contribution in [3.63, 3.8) is 0 Å². The molecule has 11 heteroatoms. The van der Waals surface area contributed by atoms with Gasteiger partial charge < -0.3 is 10.1 Å². The number of nitrogens with zero attached hydrogens (tertiary/aromatic N) is 4. The summed E-state index contributed by atoms with van der Waals surface area (Å²) >= 11 is 0. The monoisotopic (exact) mass is 404 g/mol. The molecule has 2 aromatic heterocycles. The van der Waals surface area contributed by atoms with Crippen LogP contribution >= 0.6 is 0 Å². The highest BCUT2D eigenvalue weighted by Crippen LogP contribution is 2.15. The SMILES string of the molecule is COC[C@H](C)NS(=O)(=O)c1ccc(NC(=O)c2nc3nccc(C)n3n2)cc1. The van der Waals surface area contributed by atoms with E-state index in [0.29, 0.717) is 11.5 Å². The van der Waals surface area contributed by atoms with E-state index in [9.17, 15) is 13.2 Å². The normalized spacial score (nSPS) is 12.8. The van der Waals surface area contributed by atoms with Crippen LogP contribution in [0.5, 0.6) is 0 Å². The summed E-state index contributed by atoms with van der Waals surface area (Å²) in [5, 5.41) is 6.77. The summed E-state index contributed by atoms with van der Waals surface area (Å²) in [5.74, 6) is -0.233. The van der Waals surface area contributed by atoms with Crippen LogP contribution in [0.1, 0.15) is 23.2 Å². The van der Waals surface area contributed by atoms with Gasteiger partial charge in [0.2, 0.25) is 15.8 Å². The van der Waals surface area contributed by atoms with Crippen LogP contribution in [0.2, 0.25) is 0 Å². The molecule has 3 rings (SSSR count). The number of ether oxygens (including phenoxy) is 1. The van der Waals surface area contributed by atoms with Crippen molar-refractivity contribution >= 4 is 27.4 Å². The number of benzene rings is 1. The second-order valence-electron chi connectivity index (χ2n) is 6.19. The number of aryl methyl sites for hydroxylation is 1. The molecule has 0 saturated carbocycles. The predicted molar refractivity (Wildman–Crippen MR) is 102 cm³/mol. The van der Waals surface area contributed by atoms with E-state index in [-0.39, 0.29) is 23.4 Å². The molecule has 3 aromatic rings. The van der Waals surface area contributed by atoms with Gasteiger partial charge in [0.25, 0.3) is 11.7 Å². The molecule has 2 heterocycles. The zero-order chi connectivity index (χ0) is 20.3. The first-order valence-corrected chi connectivity index (χ1v) is 9.89. The van der Waals surface area contributed by atoms with Gasteiger partial charge in [0.05, 0.1) is 11.5 Å². The Kier molecular flexibility index (Phi) is 5.68. The van der Waals surface area contributed by atoms with E-state index in [4.69, 9.17) is 4.74 Å². The highest BCUT2D eigenvalue weighted by atomic mass is 32.2. The number of hydrogen-bond acceptors (Lipinski definition) is 7. The Balaban J connectivity index is 1.73. The van der Waals surface area contributed by atoms with Crippen molar-refractivity contribution < 1.29 is 17.9 Å². The van der Waals surface area contributed by atoms with Gasteiger partial charge >= 0.3 is 0 Å². The third kappa shape index (κ3) is 4.32. The molecule has 0 spiro atoms. The molecule has 1 aromatic carbocycles. The Morgan fingerprint density at radius 2 is 1.96 bits per heavy atom. The molecular formula is C17H20N6O4S. The fraction of sp³-hybridized carbons (Fsp3) is 0.294. The van der Waals surface area contributed by atoms with E-state index in [2.05, 4.69) is 25.1 Å². The van der Waals surface area contributed by atoms with Crippen molar-refractivity contribution in [3.05, 3.63) is 48.0 Å². The van der Waals surface area contributed by atoms with Crippen LogP contribution in [0.15, 0.2) is 41.4 Å². The van der Waals surface area contributed by atoms with Gasteiger partial charge in [0.1, 0.15) is 0 Å². The van der Waals surface area contributed by atoms with Crippen LogP contribution in [0, 0.1) is 6.92 Å². The minimum absolute atomic E-state index is 0.0337. The number of aromatic nitrogens is 4. The molecule has 1 amide bonds. The lowest BCUT2D eigenvalue weighted by atomic mass is 10.3. The van der Waals surface area contributed by atoms with E-state index in [1.54, 1.807) is 19.2 Å². The third-order valence-electron chi connectivity index (χ3n) is 3.83. The summed E-state index contributed by atoms with van der Waals surface area (Å²) in [6, 6.07) is 7.18. The van der Waals surface area contributed by atoms with Gasteiger partial charge in [-0.1, -0.05) is 0 Å². The number of rotatable bonds is 7. The van der Waals surface area contributed by atoms with Crippen LogP contribution in [-0.4, -0.2) is 53.7 Å². The van der Waals surface area contributed by atoms with Gasteiger partial charge in [-0.2, -0.15) is 4.98 Å². The summed E-state index contributed by atoms with van der Waals surface area (Å²) in [7, 11) is -2.18. The molecule has 148 valence electrons. The van der Waals surface area contributed by atoms with Gasteiger partial charge in [-0.15, -0.1) is 5.10 Å². The number of amides is 1. The van der Waals surface area contributed by atoms with E-state index >= 15 is 0 Å². The molecule has 28 heavy (non-hydrogen) atoms. The number of carbonyl (C=O) groups is 1. The molecular weight excluding hydrogens is 384 g/mol. The van der Waals surface area contributed by atoms with Crippen molar-refractivity contribution in [1.82, 2.24) is 24.3 Å². The average Bonchev–Trinajstić information content (AvgIpc) is 3.08. The Hall–Kier alpha value is -2.89. The number of methoxy groups -OCH3 is 1. The van der Waals surface area contributed by atoms with Crippen molar-refractivity contribution in [1.29, 1.82) is 0 Å². The molecule has 0 unspecified atom stereocenters. The molecule has 0 bridgehead atoms. The standard InChI is InChI=1S/C17H20N6O4S/c1-11(10-27-3)22-28(25,26)14-6-4-13(5-7-14)19-16(24)15-20-17-18-9-8-12(2)23(17)21-15/h4-9,11,22H,10H2,1-3H3,(H,19,24)/t11-/m0/s1. The van der Waals surface area contributed by atoms with Crippen LogP contribution in [0.25, 0.3) is 5.78 Å². The van der Waals surface area contributed by atoms with Gasteiger partial charge in [-0.05, 0) is 44.2 Å². The Morgan fingerprint density at radius 1 is 1.25 bits per heavy atom. The van der Waals surface area contributed by atoms with Crippen LogP contribution in [-0.2, 0) is 14.8 Å². The Morgan fingerprint density at radius 3 is 2.61 bits per heavy atom. The first-order valence-electron chi connectivity index (χ1n) is 8.41. The molecule has 10 nitrogen and oxygen atoms in total. The van der Waals surface area contributed by atoms with E-state index in [1.165, 1.54) is 35.9 Å². The quantitative estimate of drug-likeness (QED) is 0.601. The molecule has 0 aliphatic rings. The Bertz CT molecular complexity index is 1090. The number of hydrogen-bond donors (Lipinski definition) is 2. The smallest absolute Gasteiger partial charge is 0.295 e. The summed E-state index contributed by atoms with van der Waals surface area (Å²) in [5.41, 5.74) is 1.21. The molecule has 2 N–H and O–H groups in total. The number of nitrogens with one attached hydrogen (secondary N) is 2. The second kappa shape index (κ2) is 8.00.